The number of para-hydroxylation sites is 1. The summed E-state index contributed by atoms with van der Waals surface area (Å²) in [6, 6.07) is 6.24. The van der Waals surface area contributed by atoms with Crippen molar-refractivity contribution in [1.29, 1.82) is 0 Å². The highest BCUT2D eigenvalue weighted by molar-refractivity contribution is 5.96. The number of fused-ring (bicyclic) bond motifs is 1. The third-order valence-electron chi connectivity index (χ3n) is 4.48. The van der Waals surface area contributed by atoms with Crippen LogP contribution in [0.25, 0.3) is 10.9 Å². The van der Waals surface area contributed by atoms with Gasteiger partial charge < -0.3 is 15.0 Å². The molecule has 0 saturated carbocycles. The van der Waals surface area contributed by atoms with E-state index >= 15 is 0 Å². The normalized spacial score (nSPS) is 12.6. The molecule has 2 aromatic heterocycles. The molecule has 6 heteroatoms. The van der Waals surface area contributed by atoms with Crippen LogP contribution in [-0.2, 0) is 7.05 Å². The minimum Gasteiger partial charge on any atom is -0.494 e. The van der Waals surface area contributed by atoms with Gasteiger partial charge in [-0.1, -0.05) is 12.1 Å². The van der Waals surface area contributed by atoms with E-state index in [9.17, 15) is 0 Å². The first-order valence-corrected chi connectivity index (χ1v) is 8.32. The number of anilines is 1. The van der Waals surface area contributed by atoms with Crippen molar-refractivity contribution in [3.05, 3.63) is 47.9 Å². The Labute approximate surface area is 148 Å². The third kappa shape index (κ3) is 3.44. The number of methoxy groups -OCH3 is 1. The Morgan fingerprint density at radius 2 is 2.08 bits per heavy atom. The lowest BCUT2D eigenvalue weighted by Crippen LogP contribution is -2.26. The van der Waals surface area contributed by atoms with E-state index < -0.39 is 0 Å². The zero-order chi connectivity index (χ0) is 18.0. The molecule has 1 atom stereocenters. The Bertz CT molecular complexity index is 871. The number of aryl methyl sites for hydroxylation is 2. The van der Waals surface area contributed by atoms with Gasteiger partial charge in [0.2, 0.25) is 0 Å². The predicted octanol–water partition coefficient (Wildman–Crippen LogP) is 3.00. The van der Waals surface area contributed by atoms with Gasteiger partial charge in [-0.05, 0) is 32.6 Å². The maximum Gasteiger partial charge on any atom is 0.145 e. The van der Waals surface area contributed by atoms with Crippen molar-refractivity contribution in [3.8, 4) is 5.75 Å². The number of benzene rings is 1. The van der Waals surface area contributed by atoms with Crippen molar-refractivity contribution in [3.63, 3.8) is 0 Å². The van der Waals surface area contributed by atoms with Crippen molar-refractivity contribution in [1.82, 2.24) is 19.7 Å². The SMILES string of the molecule is COc1cccc2c(NCC(c3cnn(C)c3)N(C)C)c(C)cnc12. The van der Waals surface area contributed by atoms with Crippen LogP contribution >= 0.6 is 0 Å². The summed E-state index contributed by atoms with van der Waals surface area (Å²) in [7, 11) is 7.78. The van der Waals surface area contributed by atoms with E-state index in [4.69, 9.17) is 4.74 Å². The van der Waals surface area contributed by atoms with E-state index in [-0.39, 0.29) is 6.04 Å². The molecule has 6 nitrogen and oxygen atoms in total. The first-order valence-electron chi connectivity index (χ1n) is 8.32. The highest BCUT2D eigenvalue weighted by Gasteiger charge is 2.17. The van der Waals surface area contributed by atoms with Gasteiger partial charge in [-0.3, -0.25) is 9.67 Å². The number of aromatic nitrogens is 3. The molecule has 3 rings (SSSR count). The maximum atomic E-state index is 5.45. The second-order valence-electron chi connectivity index (χ2n) is 6.48. The number of pyridine rings is 1. The summed E-state index contributed by atoms with van der Waals surface area (Å²) in [4.78, 5) is 6.74. The van der Waals surface area contributed by atoms with Crippen molar-refractivity contribution in [2.75, 3.05) is 33.1 Å². The predicted molar refractivity (Wildman–Crippen MR) is 101 cm³/mol. The van der Waals surface area contributed by atoms with Crippen LogP contribution in [0.3, 0.4) is 0 Å². The number of hydrogen-bond acceptors (Lipinski definition) is 5. The number of nitrogens with one attached hydrogen (secondary N) is 1. The fraction of sp³-hybridized carbons (Fsp3) is 0.368. The quantitative estimate of drug-likeness (QED) is 0.748. The minimum absolute atomic E-state index is 0.224. The smallest absolute Gasteiger partial charge is 0.145 e. The molecule has 0 fully saturated rings. The zero-order valence-electron chi connectivity index (χ0n) is 15.4. The second-order valence-corrected chi connectivity index (χ2v) is 6.48. The van der Waals surface area contributed by atoms with Gasteiger partial charge in [-0.15, -0.1) is 0 Å². The van der Waals surface area contributed by atoms with Crippen molar-refractivity contribution >= 4 is 16.6 Å². The maximum absolute atomic E-state index is 5.45. The van der Waals surface area contributed by atoms with E-state index in [0.29, 0.717) is 0 Å². The molecule has 3 aromatic rings. The van der Waals surface area contributed by atoms with Gasteiger partial charge in [-0.25, -0.2) is 0 Å². The molecule has 0 radical (unpaired) electrons. The first-order chi connectivity index (χ1) is 12.0. The van der Waals surface area contributed by atoms with Crippen LogP contribution in [0.2, 0.25) is 0 Å². The van der Waals surface area contributed by atoms with Gasteiger partial charge in [0.1, 0.15) is 11.3 Å². The van der Waals surface area contributed by atoms with Gasteiger partial charge >= 0.3 is 0 Å². The van der Waals surface area contributed by atoms with Crippen LogP contribution < -0.4 is 10.1 Å². The monoisotopic (exact) mass is 339 g/mol. The molecule has 0 saturated heterocycles. The van der Waals surface area contributed by atoms with Crippen molar-refractivity contribution in [2.45, 2.75) is 13.0 Å². The molecular formula is C19H25N5O. The number of nitrogens with zero attached hydrogens (tertiary/aromatic N) is 4. The zero-order valence-corrected chi connectivity index (χ0v) is 15.4. The third-order valence-corrected chi connectivity index (χ3v) is 4.48. The number of likely N-dealkylation sites (N-methyl/N-ethyl adjacent to an activating group) is 1. The second kappa shape index (κ2) is 7.11. The lowest BCUT2D eigenvalue weighted by molar-refractivity contribution is 0.311. The minimum atomic E-state index is 0.224. The molecule has 0 aliphatic carbocycles. The lowest BCUT2D eigenvalue weighted by Gasteiger charge is -2.25. The van der Waals surface area contributed by atoms with Gasteiger partial charge in [0.25, 0.3) is 0 Å². The average Bonchev–Trinajstić information content (AvgIpc) is 3.01. The Kier molecular flexibility index (Phi) is 4.90. The summed E-state index contributed by atoms with van der Waals surface area (Å²) < 4.78 is 7.29. The Morgan fingerprint density at radius 3 is 2.72 bits per heavy atom. The molecule has 0 aliphatic heterocycles. The summed E-state index contributed by atoms with van der Waals surface area (Å²) in [6.45, 7) is 2.85. The van der Waals surface area contributed by atoms with E-state index in [1.54, 1.807) is 7.11 Å². The van der Waals surface area contributed by atoms with Crippen LogP contribution in [0.1, 0.15) is 17.2 Å². The fourth-order valence-corrected chi connectivity index (χ4v) is 3.10. The highest BCUT2D eigenvalue weighted by atomic mass is 16.5. The van der Waals surface area contributed by atoms with Crippen LogP contribution in [0.15, 0.2) is 36.8 Å². The van der Waals surface area contributed by atoms with E-state index in [2.05, 4.69) is 53.6 Å². The Hall–Kier alpha value is -2.60. The van der Waals surface area contributed by atoms with Crippen molar-refractivity contribution < 1.29 is 4.74 Å². The Balaban J connectivity index is 1.93. The molecule has 2 heterocycles. The molecule has 0 aliphatic rings. The molecule has 0 bridgehead atoms. The summed E-state index contributed by atoms with van der Waals surface area (Å²) in [5.74, 6) is 0.789. The van der Waals surface area contributed by atoms with E-state index in [1.807, 2.05) is 36.3 Å². The molecule has 132 valence electrons. The van der Waals surface area contributed by atoms with Gasteiger partial charge in [0, 0.05) is 42.6 Å². The van der Waals surface area contributed by atoms with Gasteiger partial charge in [-0.2, -0.15) is 5.10 Å². The van der Waals surface area contributed by atoms with Crippen molar-refractivity contribution in [2.24, 2.45) is 7.05 Å². The van der Waals surface area contributed by atoms with Gasteiger partial charge in [0.15, 0.2) is 0 Å². The Morgan fingerprint density at radius 1 is 1.28 bits per heavy atom. The van der Waals surface area contributed by atoms with Crippen LogP contribution in [-0.4, -0.2) is 47.4 Å². The number of rotatable bonds is 6. The molecular weight excluding hydrogens is 314 g/mol. The molecule has 0 amide bonds. The highest BCUT2D eigenvalue weighted by Crippen LogP contribution is 2.31. The summed E-state index contributed by atoms with van der Waals surface area (Å²) in [6.07, 6.45) is 5.88. The van der Waals surface area contributed by atoms with Gasteiger partial charge in [0.05, 0.1) is 19.3 Å². The molecule has 1 unspecified atom stereocenters. The molecule has 25 heavy (non-hydrogen) atoms. The standard InChI is InChI=1S/C19H25N5O/c1-13-9-20-19-15(7-6-8-17(19)25-5)18(13)21-11-16(23(2)3)14-10-22-24(4)12-14/h6-10,12,16H,11H2,1-5H3,(H,20,21). The summed E-state index contributed by atoms with van der Waals surface area (Å²) in [5.41, 5.74) is 4.28. The fourth-order valence-electron chi connectivity index (χ4n) is 3.10. The average molecular weight is 339 g/mol. The molecule has 1 N–H and O–H groups in total. The van der Waals surface area contributed by atoms with Crippen LogP contribution in [0, 0.1) is 6.92 Å². The van der Waals surface area contributed by atoms with E-state index in [0.717, 1.165) is 34.4 Å². The summed E-state index contributed by atoms with van der Waals surface area (Å²) >= 11 is 0. The molecule has 0 spiro atoms. The van der Waals surface area contributed by atoms with Crippen LogP contribution in [0.5, 0.6) is 5.75 Å². The number of hydrogen-bond donors (Lipinski definition) is 1. The van der Waals surface area contributed by atoms with Crippen LogP contribution in [0.4, 0.5) is 5.69 Å². The number of ether oxygens (including phenoxy) is 1. The van der Waals surface area contributed by atoms with E-state index in [1.165, 1.54) is 5.56 Å². The molecule has 1 aromatic carbocycles. The summed E-state index contributed by atoms with van der Waals surface area (Å²) in [5, 5.41) is 9.00. The first kappa shape index (κ1) is 17.2. The largest absolute Gasteiger partial charge is 0.494 e. The lowest BCUT2D eigenvalue weighted by atomic mass is 10.1. The topological polar surface area (TPSA) is 55.2 Å².